The van der Waals surface area contributed by atoms with E-state index >= 15 is 0 Å². The number of rotatable bonds is 0. The van der Waals surface area contributed by atoms with Gasteiger partial charge in [0.25, 0.3) is 0 Å². The highest BCUT2D eigenvalue weighted by molar-refractivity contribution is 7.16. The molecule has 0 aromatic carbocycles. The topological polar surface area (TPSA) is 30.2 Å². The lowest BCUT2D eigenvalue weighted by Gasteiger charge is -1.71. The summed E-state index contributed by atoms with van der Waals surface area (Å²) in [5, 5.41) is 5.20. The third-order valence-corrected chi connectivity index (χ3v) is 1.93. The van der Waals surface area contributed by atoms with Gasteiger partial charge in [-0.2, -0.15) is 5.10 Å². The van der Waals surface area contributed by atoms with Gasteiger partial charge in [0.1, 0.15) is 5.01 Å². The molecule has 9 heavy (non-hydrogen) atoms. The minimum absolute atomic E-state index is 0.965. The van der Waals surface area contributed by atoms with Crippen molar-refractivity contribution in [2.24, 2.45) is 0 Å². The Kier molecular flexibility index (Phi) is 0.843. The van der Waals surface area contributed by atoms with Crippen molar-refractivity contribution in [2.45, 2.75) is 6.92 Å². The van der Waals surface area contributed by atoms with Crippen LogP contribution in [-0.2, 0) is 0 Å². The molecule has 0 aliphatic rings. The van der Waals surface area contributed by atoms with Gasteiger partial charge >= 0.3 is 0 Å². The van der Waals surface area contributed by atoms with E-state index in [1.165, 1.54) is 0 Å². The molecule has 0 saturated carbocycles. The molecule has 0 fully saturated rings. The van der Waals surface area contributed by atoms with Gasteiger partial charge < -0.3 is 0 Å². The average molecular weight is 139 g/mol. The van der Waals surface area contributed by atoms with Crippen molar-refractivity contribution in [1.82, 2.24) is 14.6 Å². The molecular formula is C5H5N3S. The van der Waals surface area contributed by atoms with Crippen LogP contribution in [0.4, 0.5) is 0 Å². The van der Waals surface area contributed by atoms with Crippen LogP contribution in [0.5, 0.6) is 0 Å². The van der Waals surface area contributed by atoms with Gasteiger partial charge in [0.15, 0.2) is 0 Å². The van der Waals surface area contributed by atoms with Crippen LogP contribution in [0.2, 0.25) is 0 Å². The molecule has 0 bridgehead atoms. The summed E-state index contributed by atoms with van der Waals surface area (Å²) in [6.45, 7) is 1.97. The molecule has 0 aliphatic heterocycles. The van der Waals surface area contributed by atoms with Gasteiger partial charge in [-0.15, -0.1) is 0 Å². The van der Waals surface area contributed by atoms with E-state index in [2.05, 4.69) is 10.1 Å². The quantitative estimate of drug-likeness (QED) is 0.547. The first kappa shape index (κ1) is 4.93. The highest BCUT2D eigenvalue weighted by Gasteiger charge is 1.96. The molecule has 0 spiro atoms. The van der Waals surface area contributed by atoms with E-state index in [1.807, 2.05) is 13.1 Å². The van der Waals surface area contributed by atoms with Crippen LogP contribution in [0.15, 0.2) is 12.4 Å². The second-order valence-electron chi connectivity index (χ2n) is 1.78. The predicted octanol–water partition coefficient (Wildman–Crippen LogP) is 1.10. The van der Waals surface area contributed by atoms with E-state index in [0.29, 0.717) is 0 Å². The Labute approximate surface area is 56.0 Å². The van der Waals surface area contributed by atoms with E-state index in [4.69, 9.17) is 0 Å². The SMILES string of the molecule is Cc1nn2ccnc2s1. The molecule has 2 aromatic rings. The van der Waals surface area contributed by atoms with Crippen molar-refractivity contribution in [3.05, 3.63) is 17.4 Å². The van der Waals surface area contributed by atoms with Gasteiger partial charge in [0.2, 0.25) is 4.96 Å². The number of aromatic nitrogens is 3. The molecule has 4 heteroatoms. The third-order valence-electron chi connectivity index (χ3n) is 1.08. The third kappa shape index (κ3) is 0.632. The monoisotopic (exact) mass is 139 g/mol. The van der Waals surface area contributed by atoms with Crippen LogP contribution in [0.1, 0.15) is 5.01 Å². The number of fused-ring (bicyclic) bond motifs is 1. The fourth-order valence-electron chi connectivity index (χ4n) is 0.737. The molecular weight excluding hydrogens is 134 g/mol. The van der Waals surface area contributed by atoms with Crippen molar-refractivity contribution in [2.75, 3.05) is 0 Å². The lowest BCUT2D eigenvalue weighted by Crippen LogP contribution is -1.78. The summed E-state index contributed by atoms with van der Waals surface area (Å²) in [7, 11) is 0. The van der Waals surface area contributed by atoms with Crippen LogP contribution in [0.25, 0.3) is 4.96 Å². The van der Waals surface area contributed by atoms with Gasteiger partial charge in [-0.3, -0.25) is 0 Å². The van der Waals surface area contributed by atoms with Crippen molar-refractivity contribution in [1.29, 1.82) is 0 Å². The van der Waals surface area contributed by atoms with Crippen molar-refractivity contribution in [3.8, 4) is 0 Å². The molecule has 0 atom stereocenters. The van der Waals surface area contributed by atoms with Crippen LogP contribution >= 0.6 is 11.3 Å². The lowest BCUT2D eigenvalue weighted by atomic mass is 10.9. The predicted molar refractivity (Wildman–Crippen MR) is 35.6 cm³/mol. The van der Waals surface area contributed by atoms with Crippen molar-refractivity contribution >= 4 is 16.3 Å². The van der Waals surface area contributed by atoms with Gasteiger partial charge in [-0.1, -0.05) is 11.3 Å². The maximum absolute atomic E-state index is 4.15. The molecule has 2 heterocycles. The molecule has 0 saturated heterocycles. The summed E-state index contributed by atoms with van der Waals surface area (Å²) in [6.07, 6.45) is 3.59. The first-order valence-electron chi connectivity index (χ1n) is 2.63. The summed E-state index contributed by atoms with van der Waals surface area (Å²) in [5.74, 6) is 0. The Balaban J connectivity index is 2.92. The van der Waals surface area contributed by atoms with Crippen LogP contribution < -0.4 is 0 Å². The average Bonchev–Trinajstić information content (AvgIpc) is 2.22. The molecule has 2 rings (SSSR count). The van der Waals surface area contributed by atoms with E-state index in [9.17, 15) is 0 Å². The maximum Gasteiger partial charge on any atom is 0.212 e. The zero-order valence-electron chi connectivity index (χ0n) is 4.90. The lowest BCUT2D eigenvalue weighted by molar-refractivity contribution is 0.946. The first-order chi connectivity index (χ1) is 4.36. The second kappa shape index (κ2) is 1.54. The Morgan fingerprint density at radius 1 is 1.67 bits per heavy atom. The standard InChI is InChI=1S/C5H5N3S/c1-4-7-8-3-2-6-5(8)9-4/h2-3H,1H3. The molecule has 0 aliphatic carbocycles. The Bertz CT molecular complexity index is 293. The fourth-order valence-corrected chi connectivity index (χ4v) is 1.44. The molecule has 2 aromatic heterocycles. The molecule has 0 N–H and O–H groups in total. The van der Waals surface area contributed by atoms with Crippen molar-refractivity contribution < 1.29 is 0 Å². The van der Waals surface area contributed by atoms with Crippen LogP contribution in [-0.4, -0.2) is 14.6 Å². The largest absolute Gasteiger partial charge is 0.226 e. The van der Waals surface area contributed by atoms with E-state index in [1.54, 1.807) is 22.0 Å². The number of hydrogen-bond donors (Lipinski definition) is 0. The number of imidazole rings is 1. The number of aryl methyl sites for hydroxylation is 1. The first-order valence-corrected chi connectivity index (χ1v) is 3.45. The molecule has 46 valence electrons. The van der Waals surface area contributed by atoms with Crippen LogP contribution in [0.3, 0.4) is 0 Å². The van der Waals surface area contributed by atoms with E-state index in [0.717, 1.165) is 9.97 Å². The van der Waals surface area contributed by atoms with Gasteiger partial charge in [-0.25, -0.2) is 9.50 Å². The smallest absolute Gasteiger partial charge is 0.212 e. The highest BCUT2D eigenvalue weighted by Crippen LogP contribution is 2.09. The van der Waals surface area contributed by atoms with Crippen LogP contribution in [0, 0.1) is 6.92 Å². The minimum Gasteiger partial charge on any atom is -0.226 e. The summed E-state index contributed by atoms with van der Waals surface area (Å²) in [4.78, 5) is 5.02. The molecule has 0 unspecified atom stereocenters. The summed E-state index contributed by atoms with van der Waals surface area (Å²) >= 11 is 1.60. The highest BCUT2D eigenvalue weighted by atomic mass is 32.1. The Morgan fingerprint density at radius 2 is 2.56 bits per heavy atom. The molecule has 3 nitrogen and oxygen atoms in total. The van der Waals surface area contributed by atoms with E-state index < -0.39 is 0 Å². The number of hydrogen-bond acceptors (Lipinski definition) is 3. The van der Waals surface area contributed by atoms with Gasteiger partial charge in [0, 0.05) is 6.20 Å². The minimum atomic E-state index is 0.965. The molecule has 0 radical (unpaired) electrons. The zero-order chi connectivity index (χ0) is 6.27. The summed E-state index contributed by atoms with van der Waals surface area (Å²) < 4.78 is 1.78. The summed E-state index contributed by atoms with van der Waals surface area (Å²) in [5.41, 5.74) is 0. The second-order valence-corrected chi connectivity index (χ2v) is 2.94. The maximum atomic E-state index is 4.15. The Morgan fingerprint density at radius 3 is 3.33 bits per heavy atom. The summed E-state index contributed by atoms with van der Waals surface area (Å²) in [6, 6.07) is 0. The van der Waals surface area contributed by atoms with E-state index in [-0.39, 0.29) is 0 Å². The fraction of sp³-hybridized carbons (Fsp3) is 0.200. The number of nitrogens with zero attached hydrogens (tertiary/aromatic N) is 3. The molecule has 0 amide bonds. The normalized spacial score (nSPS) is 10.8. The van der Waals surface area contributed by atoms with Gasteiger partial charge in [0.05, 0.1) is 6.20 Å². The van der Waals surface area contributed by atoms with Crippen molar-refractivity contribution in [3.63, 3.8) is 0 Å². The zero-order valence-corrected chi connectivity index (χ0v) is 5.72. The van der Waals surface area contributed by atoms with Gasteiger partial charge in [-0.05, 0) is 6.92 Å². The Hall–Kier alpha value is -0.900.